The molecule has 0 radical (unpaired) electrons. The van der Waals surface area contributed by atoms with Crippen LogP contribution in [0, 0.1) is 46.3 Å². The summed E-state index contributed by atoms with van der Waals surface area (Å²) in [5.41, 5.74) is 2.26. The molecule has 0 saturated heterocycles. The van der Waals surface area contributed by atoms with E-state index >= 15 is 0 Å². The maximum Gasteiger partial charge on any atom is 0.325 e. The van der Waals surface area contributed by atoms with E-state index in [1.807, 2.05) is 12.1 Å². The quantitative estimate of drug-likeness (QED) is 0.159. The Balaban J connectivity index is 0.910. The lowest BCUT2D eigenvalue weighted by molar-refractivity contribution is -0.150. The van der Waals surface area contributed by atoms with E-state index in [1.54, 1.807) is 22.7 Å². The molecule has 4 aliphatic carbocycles. The van der Waals surface area contributed by atoms with Gasteiger partial charge >= 0.3 is 5.97 Å². The van der Waals surface area contributed by atoms with E-state index in [2.05, 4.69) is 75.7 Å². The number of hydrogen-bond donors (Lipinski definition) is 1. The summed E-state index contributed by atoms with van der Waals surface area (Å²) >= 11 is 4.94. The van der Waals surface area contributed by atoms with E-state index in [0.717, 1.165) is 64.5 Å². The molecule has 4 nitrogen and oxygen atoms in total. The summed E-state index contributed by atoms with van der Waals surface area (Å²) in [7, 11) is 0. The van der Waals surface area contributed by atoms with Crippen molar-refractivity contribution in [1.82, 2.24) is 5.32 Å². The largest absolute Gasteiger partial charge is 0.461 e. The fourth-order valence-electron chi connectivity index (χ4n) is 10.8. The van der Waals surface area contributed by atoms with Crippen LogP contribution in [-0.4, -0.2) is 24.5 Å². The molecule has 0 aliphatic heterocycles. The molecule has 1 N–H and O–H groups in total. The van der Waals surface area contributed by atoms with Crippen LogP contribution in [0.25, 0.3) is 19.5 Å². The van der Waals surface area contributed by atoms with Crippen LogP contribution >= 0.6 is 34.0 Å². The lowest BCUT2D eigenvalue weighted by Crippen LogP contribution is -2.51. The number of carbonyl (C=O) groups is 2. The molecule has 264 valence electrons. The van der Waals surface area contributed by atoms with Gasteiger partial charge in [0.2, 0.25) is 0 Å². The lowest BCUT2D eigenvalue weighted by atomic mass is 9.47. The van der Waals surface area contributed by atoms with Gasteiger partial charge in [-0.1, -0.05) is 71.6 Å². The maximum absolute atomic E-state index is 13.0. The van der Waals surface area contributed by atoms with Gasteiger partial charge in [0.1, 0.15) is 12.6 Å². The molecule has 4 aliphatic rings. The Hall–Kier alpha value is -2.22. The predicted molar refractivity (Wildman–Crippen MR) is 206 cm³/mol. The number of ether oxygens (including phenoxy) is 1. The second-order valence-electron chi connectivity index (χ2n) is 16.6. The number of carbonyl (C=O) groups excluding carboxylic acids is 2. The maximum atomic E-state index is 13.0. The zero-order valence-corrected chi connectivity index (χ0v) is 32.5. The van der Waals surface area contributed by atoms with Gasteiger partial charge in [-0.2, -0.15) is 0 Å². The number of esters is 1. The number of amides is 1. The molecule has 0 bridgehead atoms. The van der Waals surface area contributed by atoms with Crippen LogP contribution in [0.15, 0.2) is 53.4 Å². The first-order valence-electron chi connectivity index (χ1n) is 19.0. The molecule has 7 rings (SSSR count). The first-order valence-corrected chi connectivity index (χ1v) is 21.5. The van der Waals surface area contributed by atoms with Crippen LogP contribution < -0.4 is 5.32 Å². The van der Waals surface area contributed by atoms with Crippen molar-refractivity contribution in [2.24, 2.45) is 46.3 Å². The SMILES string of the molecule is CC(C)CCC[C@@H](C)[C@H]1CC[C@H]2[C@@H]3CC=C4C[C@@H](OC(=O)CNC(=O)c5ccc(-c6ccc(-c7cccs7)s6)s5)CC[C@]4(C)[C@H]3CC[C@]12C. The van der Waals surface area contributed by atoms with Crippen molar-refractivity contribution in [3.63, 3.8) is 0 Å². The van der Waals surface area contributed by atoms with Crippen LogP contribution in [0.2, 0.25) is 0 Å². The molecule has 0 spiro atoms. The third-order valence-corrected chi connectivity index (χ3v) is 16.8. The summed E-state index contributed by atoms with van der Waals surface area (Å²) in [6.07, 6.45) is 16.2. The standard InChI is InChI=1S/C42H55NO3S3/c1-26(2)8-6-9-27(3)31-13-14-32-30-12-11-28-24-29(19-21-41(28,4)33(30)20-22-42(31,32)5)46-39(44)25-43-40(45)38-18-17-37(49-38)36-16-15-35(48-36)34-10-7-23-47-34/h7,10-11,15-18,23,26-27,29-33H,6,8-9,12-14,19-22,24-25H2,1-5H3,(H,43,45)/t27-,29+,30+,31-,32+,33+,41+,42-/m1/s1. The topological polar surface area (TPSA) is 55.4 Å². The van der Waals surface area contributed by atoms with Crippen molar-refractivity contribution in [2.75, 3.05) is 6.54 Å². The Kier molecular flexibility index (Phi) is 10.4. The number of thiophene rings is 3. The molecule has 3 heterocycles. The first kappa shape index (κ1) is 35.2. The summed E-state index contributed by atoms with van der Waals surface area (Å²) in [4.78, 5) is 31.2. The zero-order chi connectivity index (χ0) is 34.3. The average Bonchev–Trinajstić information content (AvgIpc) is 3.89. The first-order chi connectivity index (χ1) is 23.5. The van der Waals surface area contributed by atoms with E-state index in [0.29, 0.717) is 10.3 Å². The highest BCUT2D eigenvalue weighted by Crippen LogP contribution is 2.67. The molecule has 0 unspecified atom stereocenters. The molecule has 3 saturated carbocycles. The van der Waals surface area contributed by atoms with E-state index in [4.69, 9.17) is 4.74 Å². The Morgan fingerprint density at radius 3 is 2.45 bits per heavy atom. The Morgan fingerprint density at radius 2 is 1.67 bits per heavy atom. The van der Waals surface area contributed by atoms with Crippen molar-refractivity contribution in [3.05, 3.63) is 58.3 Å². The van der Waals surface area contributed by atoms with Crippen molar-refractivity contribution in [1.29, 1.82) is 0 Å². The third-order valence-electron chi connectivity index (χ3n) is 13.4. The van der Waals surface area contributed by atoms with Crippen molar-refractivity contribution >= 4 is 45.9 Å². The van der Waals surface area contributed by atoms with Gasteiger partial charge in [-0.05, 0) is 127 Å². The molecule has 1 amide bonds. The van der Waals surface area contributed by atoms with Gasteiger partial charge in [0.15, 0.2) is 0 Å². The fraction of sp³-hybridized carbons (Fsp3) is 0.619. The highest BCUT2D eigenvalue weighted by molar-refractivity contribution is 7.26. The molecular weight excluding hydrogens is 663 g/mol. The number of allylic oxidation sites excluding steroid dienone is 1. The van der Waals surface area contributed by atoms with E-state index in [-0.39, 0.29) is 29.9 Å². The second kappa shape index (κ2) is 14.4. The van der Waals surface area contributed by atoms with Crippen LogP contribution in [0.4, 0.5) is 0 Å². The summed E-state index contributed by atoms with van der Waals surface area (Å²) in [5.74, 6) is 4.39. The van der Waals surface area contributed by atoms with Gasteiger partial charge in [-0.3, -0.25) is 9.59 Å². The lowest BCUT2D eigenvalue weighted by Gasteiger charge is -2.58. The van der Waals surface area contributed by atoms with E-state index in [9.17, 15) is 9.59 Å². The normalized spacial score (nSPS) is 31.4. The Bertz CT molecular complexity index is 1650. The van der Waals surface area contributed by atoms with Gasteiger partial charge in [-0.15, -0.1) is 34.0 Å². The highest BCUT2D eigenvalue weighted by atomic mass is 32.1. The second-order valence-corrected chi connectivity index (χ2v) is 19.7. The van der Waals surface area contributed by atoms with Crippen molar-refractivity contribution in [2.45, 2.75) is 111 Å². The molecule has 3 fully saturated rings. The van der Waals surface area contributed by atoms with Gasteiger partial charge < -0.3 is 10.1 Å². The minimum Gasteiger partial charge on any atom is -0.461 e. The number of fused-ring (bicyclic) bond motifs is 5. The molecule has 3 aromatic heterocycles. The van der Waals surface area contributed by atoms with Gasteiger partial charge in [0.25, 0.3) is 5.91 Å². The molecule has 3 aromatic rings. The monoisotopic (exact) mass is 717 g/mol. The Labute approximate surface area is 306 Å². The average molecular weight is 718 g/mol. The van der Waals surface area contributed by atoms with Crippen molar-refractivity contribution in [3.8, 4) is 19.5 Å². The molecule has 7 heteroatoms. The smallest absolute Gasteiger partial charge is 0.325 e. The fourth-order valence-corrected chi connectivity index (χ4v) is 13.7. The van der Waals surface area contributed by atoms with Crippen LogP contribution in [0.1, 0.15) is 115 Å². The van der Waals surface area contributed by atoms with Crippen LogP contribution in [-0.2, 0) is 9.53 Å². The summed E-state index contributed by atoms with van der Waals surface area (Å²) in [5, 5.41) is 4.91. The minimum absolute atomic E-state index is 0.0948. The number of nitrogens with one attached hydrogen (secondary N) is 1. The predicted octanol–water partition coefficient (Wildman–Crippen LogP) is 11.9. The zero-order valence-electron chi connectivity index (χ0n) is 30.1. The van der Waals surface area contributed by atoms with Crippen molar-refractivity contribution < 1.29 is 14.3 Å². The van der Waals surface area contributed by atoms with E-state index in [1.165, 1.54) is 78.0 Å². The highest BCUT2D eigenvalue weighted by Gasteiger charge is 2.59. The number of rotatable bonds is 11. The van der Waals surface area contributed by atoms with Gasteiger partial charge in [-0.25, -0.2) is 0 Å². The Morgan fingerprint density at radius 1 is 0.898 bits per heavy atom. The third kappa shape index (κ3) is 7.02. The summed E-state index contributed by atoms with van der Waals surface area (Å²) in [6.45, 7) is 12.4. The minimum atomic E-state index is -0.334. The van der Waals surface area contributed by atoms with Gasteiger partial charge in [0.05, 0.1) is 4.88 Å². The molecular formula is C42H55NO3S3. The molecule has 8 atom stereocenters. The van der Waals surface area contributed by atoms with E-state index < -0.39 is 0 Å². The summed E-state index contributed by atoms with van der Waals surface area (Å²) < 4.78 is 6.00. The summed E-state index contributed by atoms with van der Waals surface area (Å²) in [6, 6.07) is 12.3. The van der Waals surface area contributed by atoms with Crippen LogP contribution in [0.5, 0.6) is 0 Å². The molecule has 0 aromatic carbocycles. The van der Waals surface area contributed by atoms with Gasteiger partial charge in [0, 0.05) is 25.9 Å². The number of hydrogen-bond acceptors (Lipinski definition) is 6. The van der Waals surface area contributed by atoms with Crippen LogP contribution in [0.3, 0.4) is 0 Å². The molecule has 49 heavy (non-hydrogen) atoms.